The first-order valence-corrected chi connectivity index (χ1v) is 8.92. The van der Waals surface area contributed by atoms with Crippen molar-refractivity contribution in [3.05, 3.63) is 59.4 Å². The van der Waals surface area contributed by atoms with Gasteiger partial charge < -0.3 is 14.8 Å². The van der Waals surface area contributed by atoms with E-state index < -0.39 is 23.8 Å². The Balaban J connectivity index is 1.52. The van der Waals surface area contributed by atoms with E-state index in [0.717, 1.165) is 17.5 Å². The third kappa shape index (κ3) is 2.95. The van der Waals surface area contributed by atoms with Crippen molar-refractivity contribution in [1.82, 2.24) is 5.32 Å². The standard InChI is InChI=1S/C21H20FNO4/c1-12(24)26-13(2)27-20(25)23-11-21-10-17(21)16-9-8-15(18(21)19(16)22)14-6-4-3-5-7-14/h3-9,13,17H,10-11H2,1-2H3,(H,23,25). The van der Waals surface area contributed by atoms with E-state index in [1.807, 2.05) is 42.5 Å². The molecule has 3 atom stereocenters. The summed E-state index contributed by atoms with van der Waals surface area (Å²) in [7, 11) is 0. The highest BCUT2D eigenvalue weighted by atomic mass is 19.1. The van der Waals surface area contributed by atoms with Crippen molar-refractivity contribution < 1.29 is 23.5 Å². The monoisotopic (exact) mass is 369 g/mol. The Labute approximate surface area is 156 Å². The Hall–Kier alpha value is -2.89. The molecule has 5 nitrogen and oxygen atoms in total. The van der Waals surface area contributed by atoms with Gasteiger partial charge in [0.2, 0.25) is 6.29 Å². The minimum absolute atomic E-state index is 0.0798. The second-order valence-corrected chi connectivity index (χ2v) is 7.11. The van der Waals surface area contributed by atoms with Crippen molar-refractivity contribution in [2.45, 2.75) is 37.9 Å². The molecule has 2 aliphatic carbocycles. The molecule has 0 aliphatic heterocycles. The normalized spacial score (nSPS) is 22.6. The van der Waals surface area contributed by atoms with Gasteiger partial charge in [0.15, 0.2) is 0 Å². The number of alkyl carbamates (subject to hydrolysis) is 1. The fraction of sp³-hybridized carbons (Fsp3) is 0.333. The van der Waals surface area contributed by atoms with E-state index in [4.69, 9.17) is 9.47 Å². The molecule has 0 spiro atoms. The van der Waals surface area contributed by atoms with Gasteiger partial charge in [-0.05, 0) is 29.0 Å². The molecule has 2 aromatic rings. The lowest BCUT2D eigenvalue weighted by Crippen LogP contribution is -2.35. The summed E-state index contributed by atoms with van der Waals surface area (Å²) in [6.07, 6.45) is -0.868. The first-order valence-electron chi connectivity index (χ1n) is 8.92. The second-order valence-electron chi connectivity index (χ2n) is 7.11. The summed E-state index contributed by atoms with van der Waals surface area (Å²) in [5, 5.41) is 2.71. The number of esters is 1. The molecule has 2 bridgehead atoms. The fourth-order valence-corrected chi connectivity index (χ4v) is 4.16. The van der Waals surface area contributed by atoms with E-state index in [2.05, 4.69) is 5.32 Å². The molecular weight excluding hydrogens is 349 g/mol. The summed E-state index contributed by atoms with van der Waals surface area (Å²) in [6, 6.07) is 13.5. The van der Waals surface area contributed by atoms with Crippen LogP contribution in [0.2, 0.25) is 0 Å². The molecule has 1 saturated carbocycles. The lowest BCUT2D eigenvalue weighted by Gasteiger charge is -2.19. The minimum atomic E-state index is -0.976. The predicted molar refractivity (Wildman–Crippen MR) is 96.6 cm³/mol. The maximum Gasteiger partial charge on any atom is 0.410 e. The zero-order chi connectivity index (χ0) is 19.2. The van der Waals surface area contributed by atoms with Crippen LogP contribution < -0.4 is 5.32 Å². The number of rotatable bonds is 5. The number of fused-ring (bicyclic) bond motifs is 5. The van der Waals surface area contributed by atoms with E-state index in [1.165, 1.54) is 13.8 Å². The predicted octanol–water partition coefficient (Wildman–Crippen LogP) is 3.87. The van der Waals surface area contributed by atoms with Crippen LogP contribution in [0.3, 0.4) is 0 Å². The number of halogens is 1. The van der Waals surface area contributed by atoms with Gasteiger partial charge in [0.05, 0.1) is 0 Å². The molecule has 1 N–H and O–H groups in total. The van der Waals surface area contributed by atoms with Gasteiger partial charge in [0, 0.05) is 31.4 Å². The lowest BCUT2D eigenvalue weighted by molar-refractivity contribution is -0.162. The van der Waals surface area contributed by atoms with Gasteiger partial charge in [-0.3, -0.25) is 4.79 Å². The van der Waals surface area contributed by atoms with Crippen LogP contribution in [0, 0.1) is 5.82 Å². The highest BCUT2D eigenvalue weighted by Crippen LogP contribution is 2.68. The molecule has 1 amide bonds. The maximum atomic E-state index is 14.9. The molecular formula is C21H20FNO4. The number of amides is 1. The summed E-state index contributed by atoms with van der Waals surface area (Å²) < 4.78 is 24.7. The zero-order valence-electron chi connectivity index (χ0n) is 15.1. The zero-order valence-corrected chi connectivity index (χ0v) is 15.1. The number of ether oxygens (including phenoxy) is 2. The van der Waals surface area contributed by atoms with Gasteiger partial charge in [-0.1, -0.05) is 42.5 Å². The van der Waals surface area contributed by atoms with Crippen LogP contribution in [0.25, 0.3) is 11.1 Å². The number of hydrogen-bond donors (Lipinski definition) is 1. The van der Waals surface area contributed by atoms with Gasteiger partial charge in [-0.2, -0.15) is 0 Å². The molecule has 6 heteroatoms. The summed E-state index contributed by atoms with van der Waals surface area (Å²) in [6.45, 7) is 2.98. The van der Waals surface area contributed by atoms with Crippen molar-refractivity contribution in [1.29, 1.82) is 0 Å². The van der Waals surface area contributed by atoms with Crippen molar-refractivity contribution in [3.63, 3.8) is 0 Å². The van der Waals surface area contributed by atoms with E-state index in [9.17, 15) is 14.0 Å². The third-order valence-electron chi connectivity index (χ3n) is 5.36. The Kier molecular flexibility index (Phi) is 4.13. The minimum Gasteiger partial charge on any atom is -0.426 e. The molecule has 140 valence electrons. The molecule has 0 aromatic heterocycles. The van der Waals surface area contributed by atoms with Crippen LogP contribution in [-0.2, 0) is 19.7 Å². The Morgan fingerprint density at radius 1 is 1.22 bits per heavy atom. The molecule has 0 saturated heterocycles. The number of nitrogens with one attached hydrogen (secondary N) is 1. The van der Waals surface area contributed by atoms with Crippen molar-refractivity contribution in [3.8, 4) is 11.1 Å². The topological polar surface area (TPSA) is 64.6 Å². The fourth-order valence-electron chi connectivity index (χ4n) is 4.16. The summed E-state index contributed by atoms with van der Waals surface area (Å²) in [5.74, 6) is -0.621. The number of carbonyl (C=O) groups is 2. The highest BCUT2D eigenvalue weighted by molar-refractivity contribution is 5.76. The highest BCUT2D eigenvalue weighted by Gasteiger charge is 2.63. The largest absolute Gasteiger partial charge is 0.426 e. The van der Waals surface area contributed by atoms with Gasteiger partial charge >= 0.3 is 12.1 Å². The quantitative estimate of drug-likeness (QED) is 0.642. The van der Waals surface area contributed by atoms with E-state index in [-0.39, 0.29) is 18.3 Å². The van der Waals surface area contributed by atoms with E-state index >= 15 is 0 Å². The van der Waals surface area contributed by atoms with Crippen molar-refractivity contribution in [2.24, 2.45) is 0 Å². The van der Waals surface area contributed by atoms with Gasteiger partial charge in [-0.25, -0.2) is 9.18 Å². The van der Waals surface area contributed by atoms with Crippen LogP contribution in [-0.4, -0.2) is 24.9 Å². The Bertz CT molecular complexity index is 914. The van der Waals surface area contributed by atoms with Gasteiger partial charge in [0.1, 0.15) is 5.82 Å². The Morgan fingerprint density at radius 3 is 2.67 bits per heavy atom. The van der Waals surface area contributed by atoms with Crippen LogP contribution in [0.4, 0.5) is 9.18 Å². The second kappa shape index (κ2) is 6.37. The van der Waals surface area contributed by atoms with Crippen molar-refractivity contribution in [2.75, 3.05) is 6.54 Å². The molecule has 2 aromatic carbocycles. The van der Waals surface area contributed by atoms with Crippen LogP contribution in [0.1, 0.15) is 37.3 Å². The number of benzene rings is 2. The lowest BCUT2D eigenvalue weighted by atomic mass is 9.90. The van der Waals surface area contributed by atoms with Crippen LogP contribution >= 0.6 is 0 Å². The number of carbonyl (C=O) groups excluding carboxylic acids is 2. The number of hydrogen-bond acceptors (Lipinski definition) is 4. The first-order chi connectivity index (χ1) is 12.9. The molecule has 1 fully saturated rings. The van der Waals surface area contributed by atoms with Crippen molar-refractivity contribution >= 4 is 12.1 Å². The molecule has 3 unspecified atom stereocenters. The Morgan fingerprint density at radius 2 is 1.96 bits per heavy atom. The third-order valence-corrected chi connectivity index (χ3v) is 5.36. The van der Waals surface area contributed by atoms with Gasteiger partial charge in [0.25, 0.3) is 0 Å². The van der Waals surface area contributed by atoms with E-state index in [0.29, 0.717) is 11.1 Å². The summed E-state index contributed by atoms with van der Waals surface area (Å²) in [4.78, 5) is 22.9. The molecule has 27 heavy (non-hydrogen) atoms. The molecule has 0 radical (unpaired) electrons. The van der Waals surface area contributed by atoms with E-state index in [1.54, 1.807) is 0 Å². The van der Waals surface area contributed by atoms with Crippen LogP contribution in [0.15, 0.2) is 42.5 Å². The smallest absolute Gasteiger partial charge is 0.410 e. The van der Waals surface area contributed by atoms with Crippen LogP contribution in [0.5, 0.6) is 0 Å². The average Bonchev–Trinajstić information content (AvgIpc) is 3.31. The maximum absolute atomic E-state index is 14.9. The molecule has 4 rings (SSSR count). The molecule has 2 aliphatic rings. The summed E-state index contributed by atoms with van der Waals surface area (Å²) >= 11 is 0. The average molecular weight is 369 g/mol. The van der Waals surface area contributed by atoms with Gasteiger partial charge in [-0.15, -0.1) is 0 Å². The molecule has 0 heterocycles. The first kappa shape index (κ1) is 17.5. The SMILES string of the molecule is CC(=O)OC(C)OC(=O)NCC12CC1c1ccc(-c3ccccc3)c2c1F. The summed E-state index contributed by atoms with van der Waals surface area (Å²) in [5.41, 5.74) is 2.77.